The molecule has 2 aromatic carbocycles. The van der Waals surface area contributed by atoms with Gasteiger partial charge in [0.05, 0.1) is 12.1 Å². The van der Waals surface area contributed by atoms with Gasteiger partial charge in [-0.25, -0.2) is 9.24 Å². The van der Waals surface area contributed by atoms with Crippen LogP contribution in [0.15, 0.2) is 36.4 Å². The molecule has 1 spiro atoms. The molecule has 2 fully saturated rings. The topological polar surface area (TPSA) is 57.0 Å². The van der Waals surface area contributed by atoms with Crippen molar-refractivity contribution in [2.75, 3.05) is 16.8 Å². The summed E-state index contributed by atoms with van der Waals surface area (Å²) in [5, 5.41) is 2.71. The van der Waals surface area contributed by atoms with Crippen LogP contribution in [0.25, 0.3) is 4.85 Å². The van der Waals surface area contributed by atoms with Gasteiger partial charge in [-0.1, -0.05) is 25.8 Å². The predicted octanol–water partition coefficient (Wildman–Crippen LogP) is 5.13. The highest BCUT2D eigenvalue weighted by Crippen LogP contribution is 2.46. The summed E-state index contributed by atoms with van der Waals surface area (Å²) in [6, 6.07) is 9.55. The van der Waals surface area contributed by atoms with Gasteiger partial charge < -0.3 is 10.2 Å². The molecule has 1 N–H and O–H groups in total. The lowest BCUT2D eigenvalue weighted by molar-refractivity contribution is -0.122. The number of carbonyl (C=O) groups excluding carboxylic acids is 2. The van der Waals surface area contributed by atoms with E-state index in [4.69, 9.17) is 18.8 Å². The molecule has 2 aliphatic rings. The van der Waals surface area contributed by atoms with Crippen molar-refractivity contribution in [3.8, 4) is 0 Å². The molecule has 8 heteroatoms. The van der Waals surface area contributed by atoms with Gasteiger partial charge in [0.15, 0.2) is 10.8 Å². The zero-order valence-electron chi connectivity index (χ0n) is 18.8. The highest BCUT2D eigenvalue weighted by Gasteiger charge is 2.57. The Morgan fingerprint density at radius 3 is 2.61 bits per heavy atom. The van der Waals surface area contributed by atoms with Crippen LogP contribution < -0.4 is 15.1 Å². The zero-order valence-corrected chi connectivity index (χ0v) is 19.6. The number of nitrogens with zero attached hydrogens (tertiary/aromatic N) is 3. The Kier molecular flexibility index (Phi) is 5.93. The quantitative estimate of drug-likeness (QED) is 0.505. The van der Waals surface area contributed by atoms with Crippen LogP contribution in [-0.4, -0.2) is 29.5 Å². The maximum Gasteiger partial charge on any atom is 0.259 e. The molecular formula is C25H25FN4O2S. The number of aryl methyl sites for hydroxylation is 1. The van der Waals surface area contributed by atoms with Crippen molar-refractivity contribution < 1.29 is 14.0 Å². The maximum atomic E-state index is 14.9. The van der Waals surface area contributed by atoms with E-state index in [0.717, 1.165) is 18.4 Å². The fourth-order valence-electron chi connectivity index (χ4n) is 5.05. The van der Waals surface area contributed by atoms with E-state index in [1.165, 1.54) is 24.1 Å². The summed E-state index contributed by atoms with van der Waals surface area (Å²) < 4.78 is 14.9. The van der Waals surface area contributed by atoms with Crippen molar-refractivity contribution in [2.45, 2.75) is 45.1 Å². The number of halogens is 1. The molecule has 1 saturated carbocycles. The van der Waals surface area contributed by atoms with Crippen molar-refractivity contribution in [3.05, 3.63) is 64.8 Å². The van der Waals surface area contributed by atoms with E-state index in [0.29, 0.717) is 35.8 Å². The van der Waals surface area contributed by atoms with Crippen LogP contribution in [0.1, 0.15) is 48.5 Å². The summed E-state index contributed by atoms with van der Waals surface area (Å²) in [5.74, 6) is -1.02. The fourth-order valence-corrected chi connectivity index (χ4v) is 5.51. The van der Waals surface area contributed by atoms with E-state index in [2.05, 4.69) is 17.1 Å². The summed E-state index contributed by atoms with van der Waals surface area (Å²) in [7, 11) is 1.45. The molecule has 4 rings (SSSR count). The highest BCUT2D eigenvalue weighted by atomic mass is 32.1. The molecule has 1 aliphatic carbocycles. The lowest BCUT2D eigenvalue weighted by Gasteiger charge is -2.41. The zero-order chi connectivity index (χ0) is 23.9. The Hall–Kier alpha value is -3.31. The van der Waals surface area contributed by atoms with Crippen LogP contribution in [0.5, 0.6) is 0 Å². The molecule has 1 heterocycles. The second kappa shape index (κ2) is 8.56. The average molecular weight is 465 g/mol. The minimum atomic E-state index is -0.915. The minimum absolute atomic E-state index is 0.0639. The Morgan fingerprint density at radius 2 is 2.00 bits per heavy atom. The number of carbonyl (C=O) groups is 2. The molecule has 170 valence electrons. The second-order valence-electron chi connectivity index (χ2n) is 8.82. The Balaban J connectivity index is 1.84. The number of benzene rings is 2. The van der Waals surface area contributed by atoms with Crippen LogP contribution in [-0.2, 0) is 4.79 Å². The summed E-state index contributed by atoms with van der Waals surface area (Å²) in [4.78, 5) is 32.7. The highest BCUT2D eigenvalue weighted by molar-refractivity contribution is 7.81. The molecule has 0 bridgehead atoms. The molecule has 0 radical (unpaired) electrons. The van der Waals surface area contributed by atoms with Gasteiger partial charge in [-0.2, -0.15) is 0 Å². The molecule has 2 aromatic rings. The van der Waals surface area contributed by atoms with Gasteiger partial charge in [-0.05, 0) is 73.8 Å². The van der Waals surface area contributed by atoms with E-state index in [9.17, 15) is 14.0 Å². The van der Waals surface area contributed by atoms with Gasteiger partial charge in [0.1, 0.15) is 11.4 Å². The first-order valence-electron chi connectivity index (χ1n) is 10.9. The molecular weight excluding hydrogens is 439 g/mol. The van der Waals surface area contributed by atoms with Crippen LogP contribution in [0, 0.1) is 25.2 Å². The van der Waals surface area contributed by atoms with E-state index in [1.54, 1.807) is 29.2 Å². The number of anilines is 2. The SMILES string of the molecule is [C-]#[N+]c1ccc(N2C(=O)C3(CCCC(C)C3)N(c3ccc(C(=O)NC)c(F)c3)C2=S)cc1C. The monoisotopic (exact) mass is 464 g/mol. The van der Waals surface area contributed by atoms with E-state index < -0.39 is 17.3 Å². The summed E-state index contributed by atoms with van der Waals surface area (Å²) >= 11 is 5.82. The van der Waals surface area contributed by atoms with E-state index in [-0.39, 0.29) is 16.6 Å². The van der Waals surface area contributed by atoms with Gasteiger partial charge in [0.25, 0.3) is 11.8 Å². The fraction of sp³-hybridized carbons (Fsp3) is 0.360. The third kappa shape index (κ3) is 3.66. The Bertz CT molecular complexity index is 1210. The van der Waals surface area contributed by atoms with Crippen molar-refractivity contribution in [3.63, 3.8) is 0 Å². The molecule has 2 amide bonds. The Labute approximate surface area is 198 Å². The average Bonchev–Trinajstić information content (AvgIpc) is 2.98. The molecule has 33 heavy (non-hydrogen) atoms. The van der Waals surface area contributed by atoms with E-state index in [1.807, 2.05) is 6.92 Å². The summed E-state index contributed by atoms with van der Waals surface area (Å²) in [6.07, 6.45) is 3.07. The molecule has 1 aliphatic heterocycles. The number of thiocarbonyl (C=S) groups is 1. The van der Waals surface area contributed by atoms with E-state index >= 15 is 0 Å². The first-order chi connectivity index (χ1) is 15.7. The molecule has 2 atom stereocenters. The van der Waals surface area contributed by atoms with Gasteiger partial charge in [0, 0.05) is 18.4 Å². The standard InChI is InChI=1S/C25H25FN4O2S/c1-15-6-5-11-25(14-15)23(32)29(17-8-10-21(27-3)16(2)12-17)24(33)30(25)18-7-9-19(20(26)13-18)22(31)28-4/h7-10,12-13,15H,5-6,11,14H2,1-2,4H3,(H,28,31). The van der Waals surface area contributed by atoms with Crippen LogP contribution in [0.2, 0.25) is 0 Å². The summed E-state index contributed by atoms with van der Waals surface area (Å²) in [6.45, 7) is 11.2. The smallest absolute Gasteiger partial charge is 0.259 e. The molecule has 6 nitrogen and oxygen atoms in total. The van der Waals surface area contributed by atoms with Gasteiger partial charge in [-0.15, -0.1) is 0 Å². The minimum Gasteiger partial charge on any atom is -0.355 e. The number of nitrogens with one attached hydrogen (secondary N) is 1. The normalized spacial score (nSPS) is 22.6. The first-order valence-corrected chi connectivity index (χ1v) is 11.3. The number of hydrogen-bond donors (Lipinski definition) is 1. The molecule has 0 aromatic heterocycles. The summed E-state index contributed by atoms with van der Waals surface area (Å²) in [5.41, 5.74) is 1.33. The Morgan fingerprint density at radius 1 is 1.27 bits per heavy atom. The van der Waals surface area contributed by atoms with Gasteiger partial charge in [-0.3, -0.25) is 14.5 Å². The van der Waals surface area contributed by atoms with Crippen LogP contribution in [0.4, 0.5) is 21.5 Å². The lowest BCUT2D eigenvalue weighted by atomic mass is 9.75. The second-order valence-corrected chi connectivity index (χ2v) is 9.18. The van der Waals surface area contributed by atoms with Gasteiger partial charge in [0.2, 0.25) is 0 Å². The van der Waals surface area contributed by atoms with Crippen LogP contribution >= 0.6 is 12.2 Å². The van der Waals surface area contributed by atoms with Crippen molar-refractivity contribution in [1.29, 1.82) is 0 Å². The molecule has 1 saturated heterocycles. The number of amides is 2. The predicted molar refractivity (Wildman–Crippen MR) is 130 cm³/mol. The van der Waals surface area contributed by atoms with Crippen molar-refractivity contribution in [2.24, 2.45) is 5.92 Å². The lowest BCUT2D eigenvalue weighted by Crippen LogP contribution is -2.52. The third-order valence-electron chi connectivity index (χ3n) is 6.63. The molecule has 2 unspecified atom stereocenters. The first kappa shape index (κ1) is 22.9. The van der Waals surface area contributed by atoms with Gasteiger partial charge >= 0.3 is 0 Å². The number of hydrogen-bond acceptors (Lipinski definition) is 3. The third-order valence-corrected chi connectivity index (χ3v) is 6.99. The van der Waals surface area contributed by atoms with Crippen molar-refractivity contribution >= 4 is 46.2 Å². The van der Waals surface area contributed by atoms with Crippen LogP contribution in [0.3, 0.4) is 0 Å². The maximum absolute atomic E-state index is 14.9. The largest absolute Gasteiger partial charge is 0.355 e. The number of rotatable bonds is 3. The van der Waals surface area contributed by atoms with Crippen molar-refractivity contribution in [1.82, 2.24) is 5.32 Å².